The number of hydrogen-bond acceptors (Lipinski definition) is 4. The minimum absolute atomic E-state index is 0.206. The average molecular weight is 244 g/mol. The van der Waals surface area contributed by atoms with Gasteiger partial charge in [-0.3, -0.25) is 0 Å². The number of rotatable bonds is 1. The Balaban J connectivity index is 2.58. The zero-order chi connectivity index (χ0) is 9.26. The zero-order valence-electron chi connectivity index (χ0n) is 6.53. The van der Waals surface area contributed by atoms with Crippen LogP contribution < -0.4 is 9.47 Å². The van der Waals surface area contributed by atoms with E-state index in [-0.39, 0.29) is 6.79 Å². The highest BCUT2D eigenvalue weighted by Gasteiger charge is 2.18. The molecule has 0 fully saturated rings. The van der Waals surface area contributed by atoms with E-state index in [4.69, 9.17) is 14.7 Å². The van der Waals surface area contributed by atoms with E-state index >= 15 is 0 Å². The fourth-order valence-corrected chi connectivity index (χ4v) is 1.56. The normalized spacial score (nSPS) is 13.9. The molecule has 0 unspecified atom stereocenters. The van der Waals surface area contributed by atoms with Crippen molar-refractivity contribution in [3.63, 3.8) is 0 Å². The van der Waals surface area contributed by atoms with Gasteiger partial charge in [-0.25, -0.2) is 0 Å². The molecule has 1 aliphatic rings. The van der Waals surface area contributed by atoms with Gasteiger partial charge in [-0.15, -0.1) is 0 Å². The van der Waals surface area contributed by atoms with Crippen LogP contribution in [0.4, 0.5) is 0 Å². The summed E-state index contributed by atoms with van der Waals surface area (Å²) < 4.78 is 11.2. The van der Waals surface area contributed by atoms with Crippen LogP contribution in [0.2, 0.25) is 0 Å². The van der Waals surface area contributed by atoms with E-state index in [1.807, 2.05) is 6.07 Å². The predicted molar refractivity (Wildman–Crippen MR) is 49.6 cm³/mol. The molecule has 1 N–H and O–H groups in total. The summed E-state index contributed by atoms with van der Waals surface area (Å²) in [6.45, 7) is 0.206. The summed E-state index contributed by atoms with van der Waals surface area (Å²) in [6.07, 6.45) is 1.30. The molecule has 13 heavy (non-hydrogen) atoms. The number of hydrogen-bond donors (Lipinski definition) is 1. The van der Waals surface area contributed by atoms with E-state index in [1.165, 1.54) is 6.21 Å². The van der Waals surface area contributed by atoms with Crippen LogP contribution in [0.15, 0.2) is 21.8 Å². The van der Waals surface area contributed by atoms with Crippen LogP contribution >= 0.6 is 15.9 Å². The zero-order valence-corrected chi connectivity index (χ0v) is 8.11. The van der Waals surface area contributed by atoms with Crippen molar-refractivity contribution in [2.75, 3.05) is 6.79 Å². The van der Waals surface area contributed by atoms with Crippen molar-refractivity contribution in [1.29, 1.82) is 0 Å². The molecule has 1 aliphatic heterocycles. The molecule has 0 aromatic heterocycles. The first-order valence-corrected chi connectivity index (χ1v) is 4.38. The van der Waals surface area contributed by atoms with E-state index in [0.717, 1.165) is 4.47 Å². The SMILES string of the molecule is O/N=C\c1c(Br)ccc2c1OCO2. The molecule has 0 saturated carbocycles. The molecular weight excluding hydrogens is 238 g/mol. The number of oxime groups is 1. The summed E-state index contributed by atoms with van der Waals surface area (Å²) in [7, 11) is 0. The van der Waals surface area contributed by atoms with Crippen LogP contribution in [-0.4, -0.2) is 18.2 Å². The molecular formula is C8H6BrNO3. The Bertz CT molecular complexity index is 365. The van der Waals surface area contributed by atoms with Gasteiger partial charge in [-0.2, -0.15) is 0 Å². The number of halogens is 1. The molecule has 0 atom stereocenters. The topological polar surface area (TPSA) is 51.1 Å². The Morgan fingerprint density at radius 3 is 3.08 bits per heavy atom. The molecule has 1 aromatic carbocycles. The summed E-state index contributed by atoms with van der Waals surface area (Å²) in [5.41, 5.74) is 0.678. The third kappa shape index (κ3) is 1.35. The molecule has 2 rings (SSSR count). The summed E-state index contributed by atoms with van der Waals surface area (Å²) >= 11 is 3.31. The molecule has 1 heterocycles. The van der Waals surface area contributed by atoms with Gasteiger partial charge < -0.3 is 14.7 Å². The lowest BCUT2D eigenvalue weighted by atomic mass is 10.2. The van der Waals surface area contributed by atoms with Crippen molar-refractivity contribution in [2.24, 2.45) is 5.16 Å². The molecule has 0 amide bonds. The minimum atomic E-state index is 0.206. The first kappa shape index (κ1) is 8.37. The summed E-state index contributed by atoms with van der Waals surface area (Å²) in [5, 5.41) is 11.4. The maximum absolute atomic E-state index is 8.43. The maximum atomic E-state index is 8.43. The predicted octanol–water partition coefficient (Wildman–Crippen LogP) is 1.99. The van der Waals surface area contributed by atoms with E-state index < -0.39 is 0 Å². The molecule has 0 saturated heterocycles. The molecule has 68 valence electrons. The Labute approximate surface area is 82.9 Å². The van der Waals surface area contributed by atoms with E-state index in [0.29, 0.717) is 17.1 Å². The van der Waals surface area contributed by atoms with Gasteiger partial charge >= 0.3 is 0 Å². The van der Waals surface area contributed by atoms with Crippen LogP contribution in [0.1, 0.15) is 5.56 Å². The fraction of sp³-hybridized carbons (Fsp3) is 0.125. The number of nitrogens with zero attached hydrogens (tertiary/aromatic N) is 1. The van der Waals surface area contributed by atoms with E-state index in [2.05, 4.69) is 21.1 Å². The average Bonchev–Trinajstić information content (AvgIpc) is 2.58. The van der Waals surface area contributed by atoms with Gasteiger partial charge in [0.15, 0.2) is 11.5 Å². The quantitative estimate of drug-likeness (QED) is 0.467. The van der Waals surface area contributed by atoms with Crippen LogP contribution in [0.25, 0.3) is 0 Å². The number of benzene rings is 1. The highest BCUT2D eigenvalue weighted by atomic mass is 79.9. The van der Waals surface area contributed by atoms with Gasteiger partial charge in [0, 0.05) is 4.47 Å². The molecule has 5 heteroatoms. The lowest BCUT2D eigenvalue weighted by Crippen LogP contribution is -1.94. The van der Waals surface area contributed by atoms with Crippen molar-refractivity contribution in [2.45, 2.75) is 0 Å². The number of ether oxygens (including phenoxy) is 2. The maximum Gasteiger partial charge on any atom is 0.231 e. The third-order valence-corrected chi connectivity index (χ3v) is 2.40. The van der Waals surface area contributed by atoms with Gasteiger partial charge in [0.2, 0.25) is 6.79 Å². The largest absolute Gasteiger partial charge is 0.454 e. The highest BCUT2D eigenvalue weighted by molar-refractivity contribution is 9.10. The van der Waals surface area contributed by atoms with Crippen molar-refractivity contribution in [3.05, 3.63) is 22.2 Å². The van der Waals surface area contributed by atoms with E-state index in [1.54, 1.807) is 6.07 Å². The van der Waals surface area contributed by atoms with Gasteiger partial charge in [-0.1, -0.05) is 5.16 Å². The highest BCUT2D eigenvalue weighted by Crippen LogP contribution is 2.38. The van der Waals surface area contributed by atoms with Crippen molar-refractivity contribution >= 4 is 22.1 Å². The Morgan fingerprint density at radius 1 is 1.46 bits per heavy atom. The standard InChI is InChI=1S/C8H6BrNO3/c9-6-1-2-7-8(13-4-12-7)5(6)3-10-11/h1-3,11H,4H2/b10-3-. The molecule has 4 nitrogen and oxygen atoms in total. The number of fused-ring (bicyclic) bond motifs is 1. The first-order valence-electron chi connectivity index (χ1n) is 3.58. The summed E-state index contributed by atoms with van der Waals surface area (Å²) in [6, 6.07) is 3.60. The lowest BCUT2D eigenvalue weighted by molar-refractivity contribution is 0.173. The smallest absolute Gasteiger partial charge is 0.231 e. The third-order valence-electron chi connectivity index (χ3n) is 1.71. The Hall–Kier alpha value is -1.23. The summed E-state index contributed by atoms with van der Waals surface area (Å²) in [5.74, 6) is 1.27. The van der Waals surface area contributed by atoms with Crippen molar-refractivity contribution in [3.8, 4) is 11.5 Å². The monoisotopic (exact) mass is 243 g/mol. The van der Waals surface area contributed by atoms with Gasteiger partial charge in [-0.05, 0) is 28.1 Å². The van der Waals surface area contributed by atoms with Gasteiger partial charge in [0.25, 0.3) is 0 Å². The van der Waals surface area contributed by atoms with E-state index in [9.17, 15) is 0 Å². The van der Waals surface area contributed by atoms with Gasteiger partial charge in [0.05, 0.1) is 11.8 Å². The molecule has 0 spiro atoms. The molecule has 0 radical (unpaired) electrons. The molecule has 1 aromatic rings. The fourth-order valence-electron chi connectivity index (χ4n) is 1.15. The second-order valence-electron chi connectivity index (χ2n) is 2.44. The van der Waals surface area contributed by atoms with Crippen molar-refractivity contribution in [1.82, 2.24) is 0 Å². The van der Waals surface area contributed by atoms with Crippen LogP contribution in [0.5, 0.6) is 11.5 Å². The Morgan fingerprint density at radius 2 is 2.31 bits per heavy atom. The lowest BCUT2D eigenvalue weighted by Gasteiger charge is -2.01. The Kier molecular flexibility index (Phi) is 2.10. The molecule has 0 aliphatic carbocycles. The van der Waals surface area contributed by atoms with Crippen molar-refractivity contribution < 1.29 is 14.7 Å². The second-order valence-corrected chi connectivity index (χ2v) is 3.29. The molecule has 0 bridgehead atoms. The van der Waals surface area contributed by atoms with Gasteiger partial charge in [0.1, 0.15) is 0 Å². The first-order chi connectivity index (χ1) is 6.33. The van der Waals surface area contributed by atoms with Crippen LogP contribution in [-0.2, 0) is 0 Å². The second kappa shape index (κ2) is 3.26. The van der Waals surface area contributed by atoms with Crippen LogP contribution in [0, 0.1) is 0 Å². The minimum Gasteiger partial charge on any atom is -0.454 e. The summed E-state index contributed by atoms with van der Waals surface area (Å²) in [4.78, 5) is 0. The van der Waals surface area contributed by atoms with Crippen LogP contribution in [0.3, 0.4) is 0 Å².